The van der Waals surface area contributed by atoms with E-state index in [0.29, 0.717) is 18.7 Å². The van der Waals surface area contributed by atoms with Gasteiger partial charge < -0.3 is 4.90 Å². The second kappa shape index (κ2) is 6.28. The van der Waals surface area contributed by atoms with E-state index >= 15 is 0 Å². The van der Waals surface area contributed by atoms with E-state index in [4.69, 9.17) is 0 Å². The predicted octanol–water partition coefficient (Wildman–Crippen LogP) is 3.23. The molecule has 6 heteroatoms. The molecule has 24 heavy (non-hydrogen) atoms. The van der Waals surface area contributed by atoms with Gasteiger partial charge in [-0.1, -0.05) is 18.2 Å². The van der Waals surface area contributed by atoms with Crippen LogP contribution >= 0.6 is 0 Å². The first kappa shape index (κ1) is 16.5. The molecule has 1 saturated heterocycles. The highest BCUT2D eigenvalue weighted by Gasteiger charge is 2.24. The van der Waals surface area contributed by atoms with Gasteiger partial charge in [-0.2, -0.15) is 0 Å². The molecule has 1 heterocycles. The monoisotopic (exact) mass is 344 g/mol. The van der Waals surface area contributed by atoms with Crippen LogP contribution in [0.5, 0.6) is 0 Å². The molecule has 5 nitrogen and oxygen atoms in total. The highest BCUT2D eigenvalue weighted by atomic mass is 32.2. The van der Waals surface area contributed by atoms with E-state index in [2.05, 4.69) is 4.72 Å². The fourth-order valence-electron chi connectivity index (χ4n) is 2.89. The Balaban J connectivity index is 1.90. The SMILES string of the molecule is Cc1ccccc1NS(=O)(=O)c1ccc(N2CCCC2=O)c(C)c1. The largest absolute Gasteiger partial charge is 0.312 e. The first-order valence-corrected chi connectivity index (χ1v) is 9.36. The van der Waals surface area contributed by atoms with E-state index < -0.39 is 10.0 Å². The number of hydrogen-bond donors (Lipinski definition) is 1. The van der Waals surface area contributed by atoms with Crippen LogP contribution in [0.15, 0.2) is 47.4 Å². The number of rotatable bonds is 4. The first-order valence-electron chi connectivity index (χ1n) is 7.88. The molecule has 0 unspecified atom stereocenters. The molecule has 1 amide bonds. The summed E-state index contributed by atoms with van der Waals surface area (Å²) in [5, 5.41) is 0. The molecule has 0 radical (unpaired) electrons. The summed E-state index contributed by atoms with van der Waals surface area (Å²) in [6.45, 7) is 4.37. The number of carbonyl (C=O) groups is 1. The number of nitrogens with zero attached hydrogens (tertiary/aromatic N) is 1. The zero-order chi connectivity index (χ0) is 17.3. The summed E-state index contributed by atoms with van der Waals surface area (Å²) < 4.78 is 27.8. The predicted molar refractivity (Wildman–Crippen MR) is 94.8 cm³/mol. The van der Waals surface area contributed by atoms with Gasteiger partial charge in [0.05, 0.1) is 10.6 Å². The Morgan fingerprint density at radius 3 is 2.42 bits per heavy atom. The van der Waals surface area contributed by atoms with Gasteiger partial charge in [0.2, 0.25) is 5.91 Å². The topological polar surface area (TPSA) is 66.5 Å². The maximum Gasteiger partial charge on any atom is 0.261 e. The van der Waals surface area contributed by atoms with Crippen molar-refractivity contribution in [3.8, 4) is 0 Å². The molecule has 0 aliphatic carbocycles. The molecule has 0 bridgehead atoms. The Kier molecular flexibility index (Phi) is 4.32. The van der Waals surface area contributed by atoms with Crippen LogP contribution in [0.1, 0.15) is 24.0 Å². The van der Waals surface area contributed by atoms with E-state index in [1.54, 1.807) is 35.2 Å². The Morgan fingerprint density at radius 2 is 1.79 bits per heavy atom. The van der Waals surface area contributed by atoms with E-state index in [-0.39, 0.29) is 10.8 Å². The molecule has 1 aliphatic rings. The first-order chi connectivity index (χ1) is 11.4. The average Bonchev–Trinajstić information content (AvgIpc) is 2.95. The minimum absolute atomic E-state index is 0.0896. The van der Waals surface area contributed by atoms with Crippen molar-refractivity contribution in [1.29, 1.82) is 0 Å². The number of anilines is 2. The van der Waals surface area contributed by atoms with Gasteiger partial charge in [0.25, 0.3) is 10.0 Å². The standard InChI is InChI=1S/C18H20N2O3S/c1-13-6-3-4-7-16(13)19-24(22,23)15-9-10-17(14(2)12-15)20-11-5-8-18(20)21/h3-4,6-7,9-10,12,19H,5,8,11H2,1-2H3. The molecule has 0 aromatic heterocycles. The molecule has 2 aromatic rings. The van der Waals surface area contributed by atoms with Crippen LogP contribution in [-0.4, -0.2) is 20.9 Å². The summed E-state index contributed by atoms with van der Waals surface area (Å²) in [5.74, 6) is 0.0896. The Labute approximate surface area is 142 Å². The number of para-hydroxylation sites is 1. The second-order valence-electron chi connectivity index (χ2n) is 6.02. The van der Waals surface area contributed by atoms with Crippen molar-refractivity contribution in [2.45, 2.75) is 31.6 Å². The summed E-state index contributed by atoms with van der Waals surface area (Å²) in [6.07, 6.45) is 1.39. The van der Waals surface area contributed by atoms with Crippen molar-refractivity contribution in [3.63, 3.8) is 0 Å². The van der Waals surface area contributed by atoms with Gasteiger partial charge in [-0.25, -0.2) is 8.42 Å². The van der Waals surface area contributed by atoms with Gasteiger partial charge in [0.1, 0.15) is 0 Å². The van der Waals surface area contributed by atoms with Gasteiger partial charge in [-0.05, 0) is 55.7 Å². The Morgan fingerprint density at radius 1 is 1.04 bits per heavy atom. The quantitative estimate of drug-likeness (QED) is 0.926. The van der Waals surface area contributed by atoms with Crippen LogP contribution in [0.2, 0.25) is 0 Å². The zero-order valence-corrected chi connectivity index (χ0v) is 14.6. The molecule has 126 valence electrons. The van der Waals surface area contributed by atoms with Crippen LogP contribution in [-0.2, 0) is 14.8 Å². The van der Waals surface area contributed by atoms with Crippen LogP contribution in [0.3, 0.4) is 0 Å². The van der Waals surface area contributed by atoms with Crippen molar-refractivity contribution < 1.29 is 13.2 Å². The Hall–Kier alpha value is -2.34. The number of sulfonamides is 1. The molecular formula is C18H20N2O3S. The van der Waals surface area contributed by atoms with Crippen molar-refractivity contribution in [2.75, 3.05) is 16.2 Å². The fraction of sp³-hybridized carbons (Fsp3) is 0.278. The fourth-order valence-corrected chi connectivity index (χ4v) is 4.11. The molecule has 1 aliphatic heterocycles. The summed E-state index contributed by atoms with van der Waals surface area (Å²) in [7, 11) is -3.67. The average molecular weight is 344 g/mol. The van der Waals surface area contributed by atoms with Crippen molar-refractivity contribution in [2.24, 2.45) is 0 Å². The van der Waals surface area contributed by atoms with Gasteiger partial charge in [-0.15, -0.1) is 0 Å². The van der Waals surface area contributed by atoms with Gasteiger partial charge >= 0.3 is 0 Å². The Bertz CT molecular complexity index is 891. The number of aryl methyl sites for hydroxylation is 2. The van der Waals surface area contributed by atoms with Crippen molar-refractivity contribution >= 4 is 27.3 Å². The third-order valence-electron chi connectivity index (χ3n) is 4.23. The van der Waals surface area contributed by atoms with Gasteiger partial charge in [-0.3, -0.25) is 9.52 Å². The van der Waals surface area contributed by atoms with Gasteiger partial charge in [0.15, 0.2) is 0 Å². The van der Waals surface area contributed by atoms with Crippen molar-refractivity contribution in [1.82, 2.24) is 0 Å². The smallest absolute Gasteiger partial charge is 0.261 e. The summed E-state index contributed by atoms with van der Waals surface area (Å²) in [6, 6.07) is 12.1. The number of hydrogen-bond acceptors (Lipinski definition) is 3. The highest BCUT2D eigenvalue weighted by molar-refractivity contribution is 7.92. The second-order valence-corrected chi connectivity index (χ2v) is 7.70. The normalized spacial score (nSPS) is 14.9. The van der Waals surface area contributed by atoms with Crippen molar-refractivity contribution in [3.05, 3.63) is 53.6 Å². The van der Waals surface area contributed by atoms with Crippen LogP contribution in [0, 0.1) is 13.8 Å². The summed E-state index contributed by atoms with van der Waals surface area (Å²) in [5.41, 5.74) is 2.98. The molecule has 0 saturated carbocycles. The molecule has 0 atom stereocenters. The molecular weight excluding hydrogens is 324 g/mol. The third kappa shape index (κ3) is 3.14. The van der Waals surface area contributed by atoms with E-state index in [1.807, 2.05) is 26.0 Å². The molecule has 0 spiro atoms. The number of nitrogens with one attached hydrogen (secondary N) is 1. The number of carbonyl (C=O) groups excluding carboxylic acids is 1. The van der Waals surface area contributed by atoms with E-state index in [1.165, 1.54) is 0 Å². The molecule has 1 N–H and O–H groups in total. The minimum Gasteiger partial charge on any atom is -0.312 e. The van der Waals surface area contributed by atoms with Gasteiger partial charge in [0, 0.05) is 18.7 Å². The lowest BCUT2D eigenvalue weighted by Gasteiger charge is -2.19. The summed E-state index contributed by atoms with van der Waals surface area (Å²) >= 11 is 0. The molecule has 3 rings (SSSR count). The lowest BCUT2D eigenvalue weighted by molar-refractivity contribution is -0.117. The molecule has 2 aromatic carbocycles. The van der Waals surface area contributed by atoms with Crippen LogP contribution in [0.4, 0.5) is 11.4 Å². The summed E-state index contributed by atoms with van der Waals surface area (Å²) in [4.78, 5) is 13.8. The number of benzene rings is 2. The maximum atomic E-state index is 12.6. The third-order valence-corrected chi connectivity index (χ3v) is 5.60. The van der Waals surface area contributed by atoms with Crippen LogP contribution in [0.25, 0.3) is 0 Å². The lowest BCUT2D eigenvalue weighted by Crippen LogP contribution is -2.24. The number of amides is 1. The lowest BCUT2D eigenvalue weighted by atomic mass is 10.2. The minimum atomic E-state index is -3.67. The van der Waals surface area contributed by atoms with Crippen LogP contribution < -0.4 is 9.62 Å². The highest BCUT2D eigenvalue weighted by Crippen LogP contribution is 2.28. The molecule has 1 fully saturated rings. The zero-order valence-electron chi connectivity index (χ0n) is 13.7. The maximum absolute atomic E-state index is 12.6. The van der Waals surface area contributed by atoms with E-state index in [0.717, 1.165) is 23.2 Å². The van der Waals surface area contributed by atoms with E-state index in [9.17, 15) is 13.2 Å².